The van der Waals surface area contributed by atoms with Crippen molar-refractivity contribution in [2.75, 3.05) is 36.0 Å². The second kappa shape index (κ2) is 8.15. The van der Waals surface area contributed by atoms with Crippen LogP contribution < -0.4 is 14.5 Å². The van der Waals surface area contributed by atoms with Crippen LogP contribution in [0.3, 0.4) is 0 Å². The first-order valence-electron chi connectivity index (χ1n) is 10.9. The van der Waals surface area contributed by atoms with Gasteiger partial charge in [-0.1, -0.05) is 0 Å². The second-order valence-corrected chi connectivity index (χ2v) is 10.3. The van der Waals surface area contributed by atoms with Crippen LogP contribution in [0.1, 0.15) is 36.1 Å². The lowest BCUT2D eigenvalue weighted by Crippen LogP contribution is -2.39. The molecule has 0 spiro atoms. The van der Waals surface area contributed by atoms with Crippen molar-refractivity contribution in [1.29, 1.82) is 5.26 Å². The molecule has 0 atom stereocenters. The molecule has 9 nitrogen and oxygen atoms in total. The molecule has 3 aliphatic heterocycles. The van der Waals surface area contributed by atoms with Crippen molar-refractivity contribution in [3.8, 4) is 6.07 Å². The summed E-state index contributed by atoms with van der Waals surface area (Å²) in [5.41, 5.74) is 3.13. The molecule has 0 radical (unpaired) electrons. The van der Waals surface area contributed by atoms with Crippen molar-refractivity contribution in [2.24, 2.45) is 5.92 Å². The molecule has 1 N–H and O–H groups in total. The van der Waals surface area contributed by atoms with E-state index in [0.717, 1.165) is 29.7 Å². The van der Waals surface area contributed by atoms with Crippen LogP contribution in [0.15, 0.2) is 29.4 Å². The fourth-order valence-corrected chi connectivity index (χ4v) is 6.10. The third-order valence-electron chi connectivity index (χ3n) is 6.60. The number of carbonyl (C=O) groups excluding carboxylic acids is 1. The largest absolute Gasteiger partial charge is 0.354 e. The number of carbonyl (C=O) groups is 1. The number of nitrogens with zero attached hydrogens (tertiary/aromatic N) is 5. The van der Waals surface area contributed by atoms with Gasteiger partial charge in [0.2, 0.25) is 15.9 Å². The minimum Gasteiger partial charge on any atom is -0.354 e. The van der Waals surface area contributed by atoms with Gasteiger partial charge >= 0.3 is 0 Å². The van der Waals surface area contributed by atoms with Crippen molar-refractivity contribution in [3.63, 3.8) is 0 Å². The SMILES string of the molecule is N#Cc1nccnc1N1CCC(CNS(=O)(=O)c2cc3c4c(c2)CCN4C(=O)CC3)CC1. The van der Waals surface area contributed by atoms with E-state index in [1.54, 1.807) is 23.2 Å². The smallest absolute Gasteiger partial charge is 0.240 e. The van der Waals surface area contributed by atoms with Gasteiger partial charge in [0.1, 0.15) is 6.07 Å². The van der Waals surface area contributed by atoms with E-state index in [-0.39, 0.29) is 16.7 Å². The number of aromatic nitrogens is 2. The van der Waals surface area contributed by atoms with E-state index in [9.17, 15) is 18.5 Å². The molecule has 3 aliphatic rings. The van der Waals surface area contributed by atoms with Crippen LogP contribution in [0.4, 0.5) is 11.5 Å². The molecule has 2 aromatic rings. The zero-order valence-corrected chi connectivity index (χ0v) is 18.4. The molecule has 32 heavy (non-hydrogen) atoms. The monoisotopic (exact) mass is 452 g/mol. The molecule has 166 valence electrons. The minimum absolute atomic E-state index is 0.125. The van der Waals surface area contributed by atoms with Crippen molar-refractivity contribution < 1.29 is 13.2 Å². The molecule has 10 heteroatoms. The number of anilines is 2. The summed E-state index contributed by atoms with van der Waals surface area (Å²) in [5.74, 6) is 0.928. The van der Waals surface area contributed by atoms with Gasteiger partial charge in [-0.2, -0.15) is 5.26 Å². The molecule has 0 bridgehead atoms. The zero-order valence-electron chi connectivity index (χ0n) is 17.6. The first-order valence-corrected chi connectivity index (χ1v) is 12.4. The third kappa shape index (κ3) is 3.72. The molecule has 1 amide bonds. The summed E-state index contributed by atoms with van der Waals surface area (Å²) in [6.45, 7) is 2.41. The van der Waals surface area contributed by atoms with Crippen molar-refractivity contribution in [1.82, 2.24) is 14.7 Å². The average Bonchev–Trinajstić information content (AvgIpc) is 3.26. The number of rotatable bonds is 5. The van der Waals surface area contributed by atoms with Crippen molar-refractivity contribution >= 4 is 27.4 Å². The highest BCUT2D eigenvalue weighted by Gasteiger charge is 2.33. The molecule has 1 fully saturated rings. The Labute approximate surface area is 187 Å². The summed E-state index contributed by atoms with van der Waals surface area (Å²) in [4.78, 5) is 24.6. The van der Waals surface area contributed by atoms with E-state index in [1.165, 1.54) is 6.20 Å². The van der Waals surface area contributed by atoms with Crippen LogP contribution in [0.2, 0.25) is 0 Å². The molecule has 4 heterocycles. The Bertz CT molecular complexity index is 1210. The van der Waals surface area contributed by atoms with Gasteiger partial charge in [0, 0.05) is 45.0 Å². The maximum absolute atomic E-state index is 13.0. The van der Waals surface area contributed by atoms with E-state index in [1.807, 2.05) is 4.90 Å². The first kappa shape index (κ1) is 20.8. The number of nitriles is 1. The highest BCUT2D eigenvalue weighted by atomic mass is 32.2. The van der Waals surface area contributed by atoms with Gasteiger partial charge in [0.25, 0.3) is 0 Å². The Morgan fingerprint density at radius 3 is 2.53 bits per heavy atom. The molecule has 0 unspecified atom stereocenters. The van der Waals surface area contributed by atoms with Crippen LogP contribution >= 0.6 is 0 Å². The summed E-state index contributed by atoms with van der Waals surface area (Å²) < 4.78 is 28.8. The van der Waals surface area contributed by atoms with E-state index in [0.29, 0.717) is 57.0 Å². The van der Waals surface area contributed by atoms with Gasteiger partial charge in [0.15, 0.2) is 11.5 Å². The van der Waals surface area contributed by atoms with Crippen LogP contribution in [0.25, 0.3) is 0 Å². The number of hydrogen-bond donors (Lipinski definition) is 1. The molecule has 1 saturated heterocycles. The summed E-state index contributed by atoms with van der Waals surface area (Å²) >= 11 is 0. The number of amides is 1. The molecule has 1 aromatic carbocycles. The topological polar surface area (TPSA) is 119 Å². The predicted octanol–water partition coefficient (Wildman–Crippen LogP) is 1.38. The highest BCUT2D eigenvalue weighted by Crippen LogP contribution is 2.38. The Balaban J connectivity index is 1.24. The summed E-state index contributed by atoms with van der Waals surface area (Å²) in [7, 11) is -3.63. The lowest BCUT2D eigenvalue weighted by atomic mass is 9.97. The van der Waals surface area contributed by atoms with Crippen molar-refractivity contribution in [3.05, 3.63) is 41.3 Å². The zero-order chi connectivity index (χ0) is 22.3. The first-order chi connectivity index (χ1) is 15.5. The molecule has 5 rings (SSSR count). The normalized spacial score (nSPS) is 18.5. The number of sulfonamides is 1. The number of hydrogen-bond acceptors (Lipinski definition) is 7. The number of aryl methyl sites for hydroxylation is 1. The molecular formula is C22H24N6O3S. The Hall–Kier alpha value is -3.03. The third-order valence-corrected chi connectivity index (χ3v) is 8.00. The van der Waals surface area contributed by atoms with Gasteiger partial charge < -0.3 is 9.80 Å². The van der Waals surface area contributed by atoms with E-state index in [4.69, 9.17) is 0 Å². The molecule has 0 aliphatic carbocycles. The highest BCUT2D eigenvalue weighted by molar-refractivity contribution is 7.89. The molecular weight excluding hydrogens is 428 g/mol. The predicted molar refractivity (Wildman–Crippen MR) is 118 cm³/mol. The van der Waals surface area contributed by atoms with Crippen LogP contribution in [-0.4, -0.2) is 50.5 Å². The lowest BCUT2D eigenvalue weighted by molar-refractivity contribution is -0.118. The van der Waals surface area contributed by atoms with Gasteiger partial charge in [0.05, 0.1) is 10.6 Å². The fourth-order valence-electron chi connectivity index (χ4n) is 4.88. The summed E-state index contributed by atoms with van der Waals surface area (Å²) in [6, 6.07) is 5.53. The van der Waals surface area contributed by atoms with Gasteiger partial charge in [-0.05, 0) is 54.9 Å². The van der Waals surface area contributed by atoms with E-state index >= 15 is 0 Å². The molecule has 1 aromatic heterocycles. The van der Waals surface area contributed by atoms with Gasteiger partial charge in [-0.25, -0.2) is 23.1 Å². The quantitative estimate of drug-likeness (QED) is 0.728. The van der Waals surface area contributed by atoms with Gasteiger partial charge in [-0.3, -0.25) is 4.79 Å². The Morgan fingerprint density at radius 2 is 1.78 bits per heavy atom. The number of nitrogens with one attached hydrogen (secondary N) is 1. The van der Waals surface area contributed by atoms with Crippen LogP contribution in [-0.2, 0) is 27.7 Å². The maximum atomic E-state index is 13.0. The lowest BCUT2D eigenvalue weighted by Gasteiger charge is -2.32. The minimum atomic E-state index is -3.63. The second-order valence-electron chi connectivity index (χ2n) is 8.51. The standard InChI is InChI=1S/C22H24N6O3S/c23-13-19-22(25-7-6-24-19)27-8-3-15(4-9-27)14-26-32(30,31)18-11-16-1-2-20(29)28-10-5-17(12-18)21(16)28/h6-7,11-12,15,26H,1-5,8-10,14H2. The van der Waals surface area contributed by atoms with E-state index in [2.05, 4.69) is 20.8 Å². The van der Waals surface area contributed by atoms with Crippen molar-refractivity contribution in [2.45, 2.75) is 37.0 Å². The number of piperidine rings is 1. The summed E-state index contributed by atoms with van der Waals surface area (Å²) in [5, 5.41) is 9.23. The summed E-state index contributed by atoms with van der Waals surface area (Å²) in [6.07, 6.45) is 6.41. The number of benzene rings is 1. The Morgan fingerprint density at radius 1 is 1.06 bits per heavy atom. The van der Waals surface area contributed by atoms with Gasteiger partial charge in [-0.15, -0.1) is 0 Å². The van der Waals surface area contributed by atoms with Crippen LogP contribution in [0.5, 0.6) is 0 Å². The molecule has 0 saturated carbocycles. The fraction of sp³-hybridized carbons (Fsp3) is 0.455. The van der Waals surface area contributed by atoms with E-state index < -0.39 is 10.0 Å². The van der Waals surface area contributed by atoms with Crippen LogP contribution in [0, 0.1) is 17.2 Å². The average molecular weight is 453 g/mol. The Kier molecular flexibility index (Phi) is 5.31. The maximum Gasteiger partial charge on any atom is 0.240 e.